The molecule has 0 bridgehead atoms. The molecule has 1 aliphatic rings. The van der Waals surface area contributed by atoms with E-state index in [4.69, 9.17) is 0 Å². The van der Waals surface area contributed by atoms with E-state index in [2.05, 4.69) is 22.5 Å². The summed E-state index contributed by atoms with van der Waals surface area (Å²) in [6.45, 7) is 10.6. The van der Waals surface area contributed by atoms with Crippen molar-refractivity contribution in [1.29, 1.82) is 0 Å². The molecule has 1 heterocycles. The van der Waals surface area contributed by atoms with E-state index in [9.17, 15) is 0 Å². The lowest BCUT2D eigenvalue weighted by atomic mass is 10.2. The topological polar surface area (TPSA) is 27.3 Å². The molecule has 0 aromatic rings. The van der Waals surface area contributed by atoms with E-state index in [0.717, 1.165) is 6.54 Å². The summed E-state index contributed by atoms with van der Waals surface area (Å²) >= 11 is 0. The lowest BCUT2D eigenvalue weighted by Crippen LogP contribution is -2.43. The van der Waals surface area contributed by atoms with Crippen LogP contribution in [0.15, 0.2) is 0 Å². The average molecular weight is 185 g/mol. The number of piperazine rings is 1. The molecule has 0 aliphatic carbocycles. The molecule has 1 fully saturated rings. The maximum Gasteiger partial charge on any atom is 0.0107 e. The smallest absolute Gasteiger partial charge is 0.0107 e. The van der Waals surface area contributed by atoms with Crippen molar-refractivity contribution in [2.45, 2.75) is 19.8 Å². The van der Waals surface area contributed by atoms with Gasteiger partial charge in [-0.1, -0.05) is 6.92 Å². The van der Waals surface area contributed by atoms with Crippen LogP contribution in [0.1, 0.15) is 19.8 Å². The zero-order valence-corrected chi connectivity index (χ0v) is 8.81. The molecule has 1 saturated heterocycles. The molecule has 0 atom stereocenters. The van der Waals surface area contributed by atoms with Crippen LogP contribution in [-0.2, 0) is 0 Å². The highest BCUT2D eigenvalue weighted by molar-refractivity contribution is 4.67. The van der Waals surface area contributed by atoms with Gasteiger partial charge in [-0.3, -0.25) is 0 Å². The van der Waals surface area contributed by atoms with Crippen LogP contribution in [0.25, 0.3) is 0 Å². The SMILES string of the molecule is CCNCCCCN1CCNCC1. The predicted molar refractivity (Wildman–Crippen MR) is 57.1 cm³/mol. The van der Waals surface area contributed by atoms with Gasteiger partial charge in [-0.05, 0) is 32.5 Å². The van der Waals surface area contributed by atoms with Gasteiger partial charge in [0.1, 0.15) is 0 Å². The first-order valence-electron chi connectivity index (χ1n) is 5.57. The second-order valence-electron chi connectivity index (χ2n) is 3.65. The largest absolute Gasteiger partial charge is 0.317 e. The minimum atomic E-state index is 1.10. The fourth-order valence-corrected chi connectivity index (χ4v) is 1.70. The van der Waals surface area contributed by atoms with Gasteiger partial charge < -0.3 is 15.5 Å². The summed E-state index contributed by atoms with van der Waals surface area (Å²) < 4.78 is 0. The van der Waals surface area contributed by atoms with E-state index in [1.807, 2.05) is 0 Å². The molecule has 0 saturated carbocycles. The second-order valence-corrected chi connectivity index (χ2v) is 3.65. The van der Waals surface area contributed by atoms with E-state index in [1.54, 1.807) is 0 Å². The quantitative estimate of drug-likeness (QED) is 0.582. The van der Waals surface area contributed by atoms with Crippen molar-refractivity contribution in [1.82, 2.24) is 15.5 Å². The van der Waals surface area contributed by atoms with Gasteiger partial charge >= 0.3 is 0 Å². The molecule has 3 nitrogen and oxygen atoms in total. The first kappa shape index (κ1) is 11.0. The Morgan fingerprint density at radius 1 is 1.23 bits per heavy atom. The van der Waals surface area contributed by atoms with Crippen molar-refractivity contribution in [3.8, 4) is 0 Å². The van der Waals surface area contributed by atoms with E-state index in [1.165, 1.54) is 52.1 Å². The third kappa shape index (κ3) is 5.24. The first-order valence-corrected chi connectivity index (χ1v) is 5.57. The highest BCUT2D eigenvalue weighted by atomic mass is 15.2. The van der Waals surface area contributed by atoms with Crippen LogP contribution in [0, 0.1) is 0 Å². The van der Waals surface area contributed by atoms with E-state index < -0.39 is 0 Å². The van der Waals surface area contributed by atoms with Crippen molar-refractivity contribution >= 4 is 0 Å². The normalized spacial score (nSPS) is 19.2. The first-order chi connectivity index (χ1) is 6.43. The molecule has 1 aliphatic heterocycles. The summed E-state index contributed by atoms with van der Waals surface area (Å²) in [7, 11) is 0. The molecule has 3 heteroatoms. The third-order valence-corrected chi connectivity index (χ3v) is 2.54. The molecule has 0 unspecified atom stereocenters. The summed E-state index contributed by atoms with van der Waals surface area (Å²) in [5.41, 5.74) is 0. The molecule has 0 aromatic carbocycles. The van der Waals surface area contributed by atoms with Crippen LogP contribution in [0.2, 0.25) is 0 Å². The van der Waals surface area contributed by atoms with E-state index in [0.29, 0.717) is 0 Å². The number of hydrogen-bond acceptors (Lipinski definition) is 3. The van der Waals surface area contributed by atoms with Gasteiger partial charge in [0, 0.05) is 26.2 Å². The molecule has 1 rings (SSSR count). The summed E-state index contributed by atoms with van der Waals surface area (Å²) in [6.07, 6.45) is 2.66. The van der Waals surface area contributed by atoms with Crippen molar-refractivity contribution in [3.05, 3.63) is 0 Å². The van der Waals surface area contributed by atoms with Crippen molar-refractivity contribution in [3.63, 3.8) is 0 Å². The minimum Gasteiger partial charge on any atom is -0.317 e. The van der Waals surface area contributed by atoms with Crippen molar-refractivity contribution in [2.24, 2.45) is 0 Å². The van der Waals surface area contributed by atoms with Crippen LogP contribution < -0.4 is 10.6 Å². The maximum atomic E-state index is 3.37. The highest BCUT2D eigenvalue weighted by Crippen LogP contribution is 1.96. The Hall–Kier alpha value is -0.120. The number of nitrogens with zero attached hydrogens (tertiary/aromatic N) is 1. The Bertz CT molecular complexity index is 111. The Morgan fingerprint density at radius 3 is 2.69 bits per heavy atom. The summed E-state index contributed by atoms with van der Waals surface area (Å²) in [5, 5.41) is 6.73. The lowest BCUT2D eigenvalue weighted by Gasteiger charge is -2.26. The van der Waals surface area contributed by atoms with Gasteiger partial charge in [-0.2, -0.15) is 0 Å². The zero-order chi connectivity index (χ0) is 9.36. The van der Waals surface area contributed by atoms with Crippen molar-refractivity contribution in [2.75, 3.05) is 45.8 Å². The van der Waals surface area contributed by atoms with Gasteiger partial charge in [0.05, 0.1) is 0 Å². The minimum absolute atomic E-state index is 1.10. The fraction of sp³-hybridized carbons (Fsp3) is 1.00. The van der Waals surface area contributed by atoms with Gasteiger partial charge in [0.2, 0.25) is 0 Å². The molecule has 0 aromatic heterocycles. The second kappa shape index (κ2) is 7.30. The molecule has 13 heavy (non-hydrogen) atoms. The molecule has 0 radical (unpaired) electrons. The molecule has 78 valence electrons. The predicted octanol–water partition coefficient (Wildman–Crippen LogP) is 0.281. The zero-order valence-electron chi connectivity index (χ0n) is 8.81. The van der Waals surface area contributed by atoms with E-state index >= 15 is 0 Å². The molecule has 0 spiro atoms. The summed E-state index contributed by atoms with van der Waals surface area (Å²) in [6, 6.07) is 0. The monoisotopic (exact) mass is 185 g/mol. The van der Waals surface area contributed by atoms with Crippen molar-refractivity contribution < 1.29 is 0 Å². The Kier molecular flexibility index (Phi) is 6.15. The van der Waals surface area contributed by atoms with Crippen LogP contribution in [0.3, 0.4) is 0 Å². The fourth-order valence-electron chi connectivity index (χ4n) is 1.70. The summed E-state index contributed by atoms with van der Waals surface area (Å²) in [4.78, 5) is 2.56. The van der Waals surface area contributed by atoms with E-state index in [-0.39, 0.29) is 0 Å². The Morgan fingerprint density at radius 2 is 2.00 bits per heavy atom. The standard InChI is InChI=1S/C10H23N3/c1-2-11-5-3-4-8-13-9-6-12-7-10-13/h11-12H,2-10H2,1H3. The third-order valence-electron chi connectivity index (χ3n) is 2.54. The number of nitrogens with one attached hydrogen (secondary N) is 2. The highest BCUT2D eigenvalue weighted by Gasteiger charge is 2.07. The van der Waals surface area contributed by atoms with Crippen LogP contribution >= 0.6 is 0 Å². The Labute approximate surface area is 81.9 Å². The molecular formula is C10H23N3. The Balaban J connectivity index is 1.86. The molecule has 2 N–H and O–H groups in total. The van der Waals surface area contributed by atoms with Gasteiger partial charge in [0.25, 0.3) is 0 Å². The van der Waals surface area contributed by atoms with Crippen LogP contribution in [0.5, 0.6) is 0 Å². The average Bonchev–Trinajstić information content (AvgIpc) is 2.19. The van der Waals surface area contributed by atoms with Crippen LogP contribution in [0.4, 0.5) is 0 Å². The number of unbranched alkanes of at least 4 members (excludes halogenated alkanes) is 1. The van der Waals surface area contributed by atoms with Gasteiger partial charge in [-0.15, -0.1) is 0 Å². The molecule has 0 amide bonds. The van der Waals surface area contributed by atoms with Gasteiger partial charge in [0.15, 0.2) is 0 Å². The number of rotatable bonds is 6. The lowest BCUT2D eigenvalue weighted by molar-refractivity contribution is 0.236. The number of hydrogen-bond donors (Lipinski definition) is 2. The molecular weight excluding hydrogens is 162 g/mol. The van der Waals surface area contributed by atoms with Gasteiger partial charge in [-0.25, -0.2) is 0 Å². The van der Waals surface area contributed by atoms with Crippen LogP contribution in [-0.4, -0.2) is 50.7 Å². The summed E-state index contributed by atoms with van der Waals surface area (Å²) in [5.74, 6) is 0. The maximum absolute atomic E-state index is 3.37.